The third-order valence-electron chi connectivity index (χ3n) is 2.76. The van der Waals surface area contributed by atoms with Gasteiger partial charge in [-0.15, -0.1) is 0 Å². The van der Waals surface area contributed by atoms with Crippen LogP contribution in [0.5, 0.6) is 0 Å². The second-order valence-corrected chi connectivity index (χ2v) is 4.73. The van der Waals surface area contributed by atoms with Crippen LogP contribution < -0.4 is 0 Å². The molecule has 0 atom stereocenters. The van der Waals surface area contributed by atoms with Crippen LogP contribution >= 0.6 is 0 Å². The lowest BCUT2D eigenvalue weighted by molar-refractivity contribution is 0.682. The first kappa shape index (κ1) is 14.5. The van der Waals surface area contributed by atoms with Gasteiger partial charge in [-0.05, 0) is 52.0 Å². The first-order valence-corrected chi connectivity index (χ1v) is 6.45. The minimum absolute atomic E-state index is 1.30. The smallest absolute Gasteiger partial charge is 0.0279 e. The molecule has 0 aliphatic heterocycles. The summed E-state index contributed by atoms with van der Waals surface area (Å²) in [5.74, 6) is 0. The van der Waals surface area contributed by atoms with E-state index in [1.54, 1.807) is 11.1 Å². The van der Waals surface area contributed by atoms with Gasteiger partial charge in [-0.2, -0.15) is 0 Å². The van der Waals surface area contributed by atoms with Crippen molar-refractivity contribution in [2.45, 2.75) is 73.1 Å². The minimum Gasteiger partial charge on any atom is -0.0762 e. The summed E-state index contributed by atoms with van der Waals surface area (Å²) in [5.41, 5.74) is 4.63. The third-order valence-corrected chi connectivity index (χ3v) is 2.76. The normalized spacial score (nSPS) is 15.5. The summed E-state index contributed by atoms with van der Waals surface area (Å²) in [6, 6.07) is 0. The highest BCUT2D eigenvalue weighted by Crippen LogP contribution is 2.25. The van der Waals surface area contributed by atoms with Crippen LogP contribution in [0.3, 0.4) is 0 Å². The Hall–Kier alpha value is -0.520. The van der Waals surface area contributed by atoms with Crippen molar-refractivity contribution in [1.29, 1.82) is 0 Å². The summed E-state index contributed by atoms with van der Waals surface area (Å²) >= 11 is 0. The highest BCUT2D eigenvalue weighted by molar-refractivity contribution is 5.28. The zero-order valence-electron chi connectivity index (χ0n) is 11.3. The Labute approximate surface area is 96.5 Å². The van der Waals surface area contributed by atoms with E-state index in [2.05, 4.69) is 40.7 Å². The van der Waals surface area contributed by atoms with Crippen LogP contribution in [0, 0.1) is 0 Å². The Kier molecular flexibility index (Phi) is 8.46. The Bertz CT molecular complexity index is 212. The van der Waals surface area contributed by atoms with E-state index < -0.39 is 0 Å². The number of allylic oxidation sites excluding steroid dienone is 4. The Morgan fingerprint density at radius 3 is 2.00 bits per heavy atom. The lowest BCUT2D eigenvalue weighted by Gasteiger charge is -2.14. The molecule has 0 N–H and O–H groups in total. The van der Waals surface area contributed by atoms with Gasteiger partial charge in [0.15, 0.2) is 0 Å². The summed E-state index contributed by atoms with van der Waals surface area (Å²) in [4.78, 5) is 0. The van der Waals surface area contributed by atoms with Crippen LogP contribution in [0.4, 0.5) is 0 Å². The number of hydrogen-bond donors (Lipinski definition) is 0. The van der Waals surface area contributed by atoms with Gasteiger partial charge in [0.05, 0.1) is 0 Å². The molecule has 0 spiro atoms. The highest BCUT2D eigenvalue weighted by Gasteiger charge is 2.05. The topological polar surface area (TPSA) is 0 Å². The van der Waals surface area contributed by atoms with E-state index in [-0.39, 0.29) is 0 Å². The summed E-state index contributed by atoms with van der Waals surface area (Å²) < 4.78 is 0. The molecular formula is C15H28. The van der Waals surface area contributed by atoms with Crippen molar-refractivity contribution < 1.29 is 0 Å². The molecule has 0 radical (unpaired) electrons. The lowest BCUT2D eigenvalue weighted by atomic mass is 9.92. The predicted molar refractivity (Wildman–Crippen MR) is 71.2 cm³/mol. The molecule has 0 aromatic rings. The van der Waals surface area contributed by atoms with Gasteiger partial charge >= 0.3 is 0 Å². The monoisotopic (exact) mass is 208 g/mol. The van der Waals surface area contributed by atoms with Gasteiger partial charge in [-0.3, -0.25) is 0 Å². The van der Waals surface area contributed by atoms with Crippen molar-refractivity contribution in [3.05, 3.63) is 22.8 Å². The van der Waals surface area contributed by atoms with Crippen molar-refractivity contribution in [1.82, 2.24) is 0 Å². The Morgan fingerprint density at radius 2 is 1.60 bits per heavy atom. The van der Waals surface area contributed by atoms with Crippen molar-refractivity contribution in [3.8, 4) is 0 Å². The number of hydrogen-bond acceptors (Lipinski definition) is 0. The van der Waals surface area contributed by atoms with Gasteiger partial charge < -0.3 is 0 Å². The molecule has 1 aliphatic carbocycles. The Balaban J connectivity index is 0.000000423. The lowest BCUT2D eigenvalue weighted by Crippen LogP contribution is -1.94. The molecule has 0 aromatic heterocycles. The summed E-state index contributed by atoms with van der Waals surface area (Å²) in [6.07, 6.45) is 10.4. The molecular weight excluding hydrogens is 180 g/mol. The van der Waals surface area contributed by atoms with Gasteiger partial charge in [0.1, 0.15) is 0 Å². The Morgan fingerprint density at radius 1 is 1.07 bits per heavy atom. The quantitative estimate of drug-likeness (QED) is 0.550. The van der Waals surface area contributed by atoms with E-state index in [1.807, 2.05) is 0 Å². The second-order valence-electron chi connectivity index (χ2n) is 4.73. The molecule has 0 fully saturated rings. The molecule has 0 saturated carbocycles. The van der Waals surface area contributed by atoms with Crippen LogP contribution in [-0.2, 0) is 0 Å². The molecule has 1 aliphatic rings. The van der Waals surface area contributed by atoms with E-state index in [9.17, 15) is 0 Å². The van der Waals surface area contributed by atoms with Gasteiger partial charge in [-0.1, -0.05) is 43.9 Å². The molecule has 1 rings (SSSR count). The molecule has 0 heterocycles. The number of rotatable bonds is 2. The van der Waals surface area contributed by atoms with E-state index in [0.717, 1.165) is 0 Å². The van der Waals surface area contributed by atoms with Crippen LogP contribution in [0.25, 0.3) is 0 Å². The summed E-state index contributed by atoms with van der Waals surface area (Å²) in [5, 5.41) is 0. The summed E-state index contributed by atoms with van der Waals surface area (Å²) in [7, 11) is 0. The van der Waals surface area contributed by atoms with Gasteiger partial charge in [0, 0.05) is 0 Å². The van der Waals surface area contributed by atoms with E-state index in [1.165, 1.54) is 44.1 Å². The first-order valence-electron chi connectivity index (χ1n) is 6.45. The fourth-order valence-corrected chi connectivity index (χ4v) is 1.62. The minimum atomic E-state index is 1.30. The van der Waals surface area contributed by atoms with Crippen LogP contribution in [0.1, 0.15) is 73.1 Å². The third kappa shape index (κ3) is 7.41. The maximum absolute atomic E-state index is 2.34. The molecule has 88 valence electrons. The molecule has 0 aromatic carbocycles. The van der Waals surface area contributed by atoms with Gasteiger partial charge in [0.25, 0.3) is 0 Å². The first-order chi connectivity index (χ1) is 7.11. The molecule has 0 saturated heterocycles. The molecule has 0 unspecified atom stereocenters. The molecule has 0 bridgehead atoms. The SMILES string of the molecule is CC(C)=CC1=C(C)CCCC1.CCCC. The average molecular weight is 208 g/mol. The molecule has 15 heavy (non-hydrogen) atoms. The zero-order chi connectivity index (χ0) is 11.7. The number of unbranched alkanes of at least 4 members (excludes halogenated alkanes) is 1. The zero-order valence-corrected chi connectivity index (χ0v) is 11.3. The van der Waals surface area contributed by atoms with E-state index in [4.69, 9.17) is 0 Å². The van der Waals surface area contributed by atoms with E-state index >= 15 is 0 Å². The second kappa shape index (κ2) is 8.76. The van der Waals surface area contributed by atoms with Crippen LogP contribution in [-0.4, -0.2) is 0 Å². The van der Waals surface area contributed by atoms with Gasteiger partial charge in [-0.25, -0.2) is 0 Å². The molecule has 0 amide bonds. The van der Waals surface area contributed by atoms with Crippen molar-refractivity contribution in [2.24, 2.45) is 0 Å². The standard InChI is InChI=1S/C11H18.C4H10/c1-9(2)8-11-7-5-4-6-10(11)3;1-3-4-2/h8H,4-7H2,1-3H3;3-4H2,1-2H3. The summed E-state index contributed by atoms with van der Waals surface area (Å²) in [6.45, 7) is 11.0. The maximum atomic E-state index is 2.34. The van der Waals surface area contributed by atoms with Crippen LogP contribution in [0.15, 0.2) is 22.8 Å². The van der Waals surface area contributed by atoms with Crippen LogP contribution in [0.2, 0.25) is 0 Å². The average Bonchev–Trinajstić information content (AvgIpc) is 2.21. The predicted octanol–water partition coefficient (Wildman–Crippen LogP) is 5.65. The van der Waals surface area contributed by atoms with Crippen molar-refractivity contribution in [3.63, 3.8) is 0 Å². The molecule has 0 nitrogen and oxygen atoms in total. The molecule has 0 heteroatoms. The fourth-order valence-electron chi connectivity index (χ4n) is 1.62. The highest BCUT2D eigenvalue weighted by atomic mass is 14.1. The fraction of sp³-hybridized carbons (Fsp3) is 0.733. The van der Waals surface area contributed by atoms with Crippen molar-refractivity contribution >= 4 is 0 Å². The van der Waals surface area contributed by atoms with E-state index in [0.29, 0.717) is 0 Å². The maximum Gasteiger partial charge on any atom is -0.0279 e. The van der Waals surface area contributed by atoms with Crippen molar-refractivity contribution in [2.75, 3.05) is 0 Å². The van der Waals surface area contributed by atoms with Gasteiger partial charge in [0.2, 0.25) is 0 Å². The largest absolute Gasteiger partial charge is 0.0762 e.